The van der Waals surface area contributed by atoms with Crippen molar-refractivity contribution in [1.29, 1.82) is 0 Å². The minimum absolute atomic E-state index is 0.104. The highest BCUT2D eigenvalue weighted by atomic mass is 35.5. The van der Waals surface area contributed by atoms with E-state index in [0.717, 1.165) is 17.9 Å². The zero-order chi connectivity index (χ0) is 10.8. The van der Waals surface area contributed by atoms with Crippen molar-refractivity contribution in [2.45, 2.75) is 25.3 Å². The number of benzene rings is 1. The Bertz CT molecular complexity index is 363. The average Bonchev–Trinajstić information content (AvgIpc) is 2.65. The highest BCUT2D eigenvalue weighted by Crippen LogP contribution is 2.25. The van der Waals surface area contributed by atoms with Crippen molar-refractivity contribution >= 4 is 23.1 Å². The number of anilines is 1. The van der Waals surface area contributed by atoms with E-state index in [1.165, 1.54) is 0 Å². The summed E-state index contributed by atoms with van der Waals surface area (Å²) in [5.74, 6) is 0.104. The molecule has 1 aliphatic carbocycles. The zero-order valence-corrected chi connectivity index (χ0v) is 8.94. The van der Waals surface area contributed by atoms with E-state index < -0.39 is 0 Å². The van der Waals surface area contributed by atoms with Gasteiger partial charge in [0.25, 0.3) is 0 Å². The predicted molar refractivity (Wildman–Crippen MR) is 58.4 cm³/mol. The van der Waals surface area contributed by atoms with Gasteiger partial charge < -0.3 is 0 Å². The average molecular weight is 226 g/mol. The molecule has 0 spiro atoms. The first kappa shape index (κ1) is 10.5. The molecule has 1 aliphatic rings. The van der Waals surface area contributed by atoms with Crippen LogP contribution >= 0.6 is 11.6 Å². The smallest absolute Gasteiger partial charge is 0.157 e. The highest BCUT2D eigenvalue weighted by Gasteiger charge is 2.29. The maximum absolute atomic E-state index is 11.4. The van der Waals surface area contributed by atoms with E-state index in [2.05, 4.69) is 0 Å². The van der Waals surface area contributed by atoms with E-state index in [-0.39, 0.29) is 11.8 Å². The van der Waals surface area contributed by atoms with Gasteiger partial charge in [-0.05, 0) is 37.1 Å². The molecule has 80 valence electrons. The highest BCUT2D eigenvalue weighted by molar-refractivity contribution is 6.30. The summed E-state index contributed by atoms with van der Waals surface area (Å²) >= 11 is 5.74. The lowest BCUT2D eigenvalue weighted by Crippen LogP contribution is -2.35. The summed E-state index contributed by atoms with van der Waals surface area (Å²) < 4.78 is 0. The number of Topliss-reactive ketones (excluding diaryl/α,β-unsaturated/α-hetero) is 1. The summed E-state index contributed by atoms with van der Waals surface area (Å²) in [4.78, 5) is 11.4. The lowest BCUT2D eigenvalue weighted by Gasteiger charge is -2.22. The number of rotatable bonds is 2. The molecule has 1 aromatic carbocycles. The molecular weight excluding hydrogens is 214 g/mol. The molecule has 3 nitrogen and oxygen atoms in total. The zero-order valence-electron chi connectivity index (χ0n) is 8.19. The fraction of sp³-hybridized carbons (Fsp3) is 0.364. The van der Waals surface area contributed by atoms with Crippen LogP contribution in [0.1, 0.15) is 19.3 Å². The van der Waals surface area contributed by atoms with Crippen LogP contribution in [0.25, 0.3) is 0 Å². The molecule has 0 aliphatic heterocycles. The number of ketones is 1. The molecule has 0 saturated heterocycles. The summed E-state index contributed by atoms with van der Waals surface area (Å²) in [6, 6.07) is 6.41. The normalized spacial score (nSPS) is 20.7. The molecule has 1 N–H and O–H groups in total. The van der Waals surface area contributed by atoms with Crippen molar-refractivity contribution in [2.75, 3.05) is 5.06 Å². The van der Waals surface area contributed by atoms with Gasteiger partial charge in [0.05, 0.1) is 5.69 Å². The van der Waals surface area contributed by atoms with Gasteiger partial charge in [-0.3, -0.25) is 10.0 Å². The van der Waals surface area contributed by atoms with Gasteiger partial charge in [-0.1, -0.05) is 11.6 Å². The lowest BCUT2D eigenvalue weighted by atomic mass is 10.2. The Balaban J connectivity index is 2.16. The Hall–Kier alpha value is -1.06. The summed E-state index contributed by atoms with van der Waals surface area (Å²) in [6.45, 7) is 0. The third-order valence-corrected chi connectivity index (χ3v) is 2.91. The van der Waals surface area contributed by atoms with Crippen molar-refractivity contribution in [3.05, 3.63) is 29.3 Å². The van der Waals surface area contributed by atoms with Gasteiger partial charge in [0, 0.05) is 11.4 Å². The number of hydrogen-bond donors (Lipinski definition) is 1. The number of carbonyl (C=O) groups is 1. The van der Waals surface area contributed by atoms with Crippen LogP contribution in [0.15, 0.2) is 24.3 Å². The van der Waals surface area contributed by atoms with Crippen LogP contribution in [0.2, 0.25) is 5.02 Å². The molecule has 0 aromatic heterocycles. The standard InChI is InChI=1S/C11H12ClNO2/c12-8-4-6-9(7-5-8)13(15)10-2-1-3-11(10)14/h4-7,10,15H,1-3H2. The molecule has 1 saturated carbocycles. The van der Waals surface area contributed by atoms with Crippen LogP contribution in [0, 0.1) is 0 Å². The Morgan fingerprint density at radius 3 is 2.53 bits per heavy atom. The van der Waals surface area contributed by atoms with E-state index in [4.69, 9.17) is 11.6 Å². The van der Waals surface area contributed by atoms with Gasteiger partial charge in [-0.25, -0.2) is 5.06 Å². The predicted octanol–water partition coefficient (Wildman–Crippen LogP) is 2.66. The minimum Gasteiger partial charge on any atom is -0.297 e. The van der Waals surface area contributed by atoms with Crippen molar-refractivity contribution in [3.8, 4) is 0 Å². The van der Waals surface area contributed by atoms with E-state index >= 15 is 0 Å². The fourth-order valence-corrected chi connectivity index (χ4v) is 1.96. The first-order valence-corrected chi connectivity index (χ1v) is 5.32. The van der Waals surface area contributed by atoms with Crippen LogP contribution in [0.3, 0.4) is 0 Å². The number of nitrogens with zero attached hydrogens (tertiary/aromatic N) is 1. The molecule has 0 radical (unpaired) electrons. The third-order valence-electron chi connectivity index (χ3n) is 2.66. The third kappa shape index (κ3) is 2.13. The molecule has 0 bridgehead atoms. The van der Waals surface area contributed by atoms with Crippen molar-refractivity contribution in [1.82, 2.24) is 0 Å². The van der Waals surface area contributed by atoms with Gasteiger partial charge >= 0.3 is 0 Å². The minimum atomic E-state index is -0.383. The topological polar surface area (TPSA) is 40.5 Å². The van der Waals surface area contributed by atoms with Crippen LogP contribution in [-0.4, -0.2) is 17.0 Å². The van der Waals surface area contributed by atoms with Gasteiger partial charge in [0.15, 0.2) is 5.78 Å². The Labute approximate surface area is 93.2 Å². The first-order chi connectivity index (χ1) is 7.18. The summed E-state index contributed by atoms with van der Waals surface area (Å²) in [5, 5.41) is 11.5. The quantitative estimate of drug-likeness (QED) is 0.787. The Morgan fingerprint density at radius 2 is 2.00 bits per heavy atom. The van der Waals surface area contributed by atoms with Crippen LogP contribution in [0.5, 0.6) is 0 Å². The molecule has 1 fully saturated rings. The molecule has 2 rings (SSSR count). The Morgan fingerprint density at radius 1 is 1.33 bits per heavy atom. The maximum Gasteiger partial charge on any atom is 0.157 e. The SMILES string of the molecule is O=C1CCCC1N(O)c1ccc(Cl)cc1. The molecule has 1 atom stereocenters. The van der Waals surface area contributed by atoms with E-state index in [0.29, 0.717) is 17.1 Å². The van der Waals surface area contributed by atoms with Crippen molar-refractivity contribution in [3.63, 3.8) is 0 Å². The summed E-state index contributed by atoms with van der Waals surface area (Å²) in [5.41, 5.74) is 0.611. The second-order valence-electron chi connectivity index (χ2n) is 3.70. The van der Waals surface area contributed by atoms with Gasteiger partial charge in [-0.15, -0.1) is 0 Å². The van der Waals surface area contributed by atoms with Gasteiger partial charge in [-0.2, -0.15) is 0 Å². The van der Waals surface area contributed by atoms with Crippen LogP contribution in [-0.2, 0) is 4.79 Å². The first-order valence-electron chi connectivity index (χ1n) is 4.95. The molecule has 15 heavy (non-hydrogen) atoms. The lowest BCUT2D eigenvalue weighted by molar-refractivity contribution is -0.119. The number of carbonyl (C=O) groups excluding carboxylic acids is 1. The number of hydroxylamine groups is 1. The van der Waals surface area contributed by atoms with Crippen LogP contribution < -0.4 is 5.06 Å². The Kier molecular flexibility index (Phi) is 2.93. The maximum atomic E-state index is 11.4. The van der Waals surface area contributed by atoms with Gasteiger partial charge in [0.1, 0.15) is 6.04 Å². The summed E-state index contributed by atoms with van der Waals surface area (Å²) in [6.07, 6.45) is 2.14. The molecule has 1 aromatic rings. The number of halogens is 1. The molecule has 0 amide bonds. The second kappa shape index (κ2) is 4.21. The number of hydrogen-bond acceptors (Lipinski definition) is 3. The molecule has 0 heterocycles. The van der Waals surface area contributed by atoms with E-state index in [9.17, 15) is 10.0 Å². The molecule has 1 unspecified atom stereocenters. The monoisotopic (exact) mass is 225 g/mol. The second-order valence-corrected chi connectivity index (χ2v) is 4.13. The fourth-order valence-electron chi connectivity index (χ4n) is 1.83. The molecule has 4 heteroatoms. The van der Waals surface area contributed by atoms with Crippen LogP contribution in [0.4, 0.5) is 5.69 Å². The van der Waals surface area contributed by atoms with Crippen molar-refractivity contribution in [2.24, 2.45) is 0 Å². The van der Waals surface area contributed by atoms with Crippen molar-refractivity contribution < 1.29 is 10.0 Å². The summed E-state index contributed by atoms with van der Waals surface area (Å²) in [7, 11) is 0. The largest absolute Gasteiger partial charge is 0.297 e. The van der Waals surface area contributed by atoms with E-state index in [1.54, 1.807) is 24.3 Å². The van der Waals surface area contributed by atoms with Gasteiger partial charge in [0.2, 0.25) is 0 Å². The molecular formula is C11H12ClNO2. The van der Waals surface area contributed by atoms with E-state index in [1.807, 2.05) is 0 Å².